The van der Waals surface area contributed by atoms with Crippen LogP contribution in [0.15, 0.2) is 54.7 Å². The van der Waals surface area contributed by atoms with Crippen LogP contribution in [0.4, 0.5) is 0 Å². The van der Waals surface area contributed by atoms with Gasteiger partial charge >= 0.3 is 0 Å². The molecule has 0 spiro atoms. The zero-order valence-electron chi connectivity index (χ0n) is 14.8. The molecule has 1 fully saturated rings. The lowest BCUT2D eigenvalue weighted by molar-refractivity contribution is -0.131. The zero-order chi connectivity index (χ0) is 18.0. The van der Waals surface area contributed by atoms with E-state index < -0.39 is 5.41 Å². The number of nitrogens with zero attached hydrogens (tertiary/aromatic N) is 3. The highest BCUT2D eigenvalue weighted by Gasteiger charge is 2.42. The highest BCUT2D eigenvalue weighted by molar-refractivity contribution is 5.88. The Morgan fingerprint density at radius 1 is 1.12 bits per heavy atom. The fraction of sp³-hybridized carbons (Fsp3) is 0.350. The van der Waals surface area contributed by atoms with Crippen molar-refractivity contribution in [2.45, 2.75) is 31.2 Å². The first-order valence-electron chi connectivity index (χ1n) is 8.95. The van der Waals surface area contributed by atoms with Gasteiger partial charge in [0.1, 0.15) is 0 Å². The van der Waals surface area contributed by atoms with Gasteiger partial charge < -0.3 is 10.1 Å². The highest BCUT2D eigenvalue weighted by atomic mass is 16.5. The SMILES string of the molecule is CC(NC(=O)C1(c2ccccc2)CCOCC1)c1nnc2ccccn12. The van der Waals surface area contributed by atoms with Crippen molar-refractivity contribution in [1.29, 1.82) is 0 Å². The fourth-order valence-electron chi connectivity index (χ4n) is 3.68. The topological polar surface area (TPSA) is 68.5 Å². The van der Waals surface area contributed by atoms with Crippen molar-refractivity contribution in [3.05, 3.63) is 66.1 Å². The average Bonchev–Trinajstić information content (AvgIpc) is 3.13. The first-order valence-corrected chi connectivity index (χ1v) is 8.95. The Bertz CT molecular complexity index is 900. The molecule has 134 valence electrons. The van der Waals surface area contributed by atoms with Crippen molar-refractivity contribution in [3.63, 3.8) is 0 Å². The number of benzene rings is 1. The van der Waals surface area contributed by atoms with Gasteiger partial charge in [-0.2, -0.15) is 0 Å². The largest absolute Gasteiger partial charge is 0.381 e. The predicted octanol–water partition coefficient (Wildman–Crippen LogP) is 2.65. The van der Waals surface area contributed by atoms with Crippen LogP contribution in [-0.4, -0.2) is 33.7 Å². The van der Waals surface area contributed by atoms with Crippen molar-refractivity contribution >= 4 is 11.6 Å². The van der Waals surface area contributed by atoms with Gasteiger partial charge in [0, 0.05) is 19.4 Å². The van der Waals surface area contributed by atoms with E-state index >= 15 is 0 Å². The summed E-state index contributed by atoms with van der Waals surface area (Å²) in [5.74, 6) is 0.747. The van der Waals surface area contributed by atoms with Gasteiger partial charge in [-0.05, 0) is 37.5 Å². The van der Waals surface area contributed by atoms with Crippen LogP contribution >= 0.6 is 0 Å². The molecule has 1 aliphatic heterocycles. The third-order valence-electron chi connectivity index (χ3n) is 5.18. The van der Waals surface area contributed by atoms with E-state index in [9.17, 15) is 4.79 Å². The molecule has 0 aliphatic carbocycles. The summed E-state index contributed by atoms with van der Waals surface area (Å²) in [5, 5.41) is 11.6. The minimum atomic E-state index is -0.561. The minimum Gasteiger partial charge on any atom is -0.381 e. The number of hydrogen-bond donors (Lipinski definition) is 1. The van der Waals surface area contributed by atoms with E-state index in [0.717, 1.165) is 17.0 Å². The lowest BCUT2D eigenvalue weighted by Gasteiger charge is -2.37. The minimum absolute atomic E-state index is 0.0205. The number of fused-ring (bicyclic) bond motifs is 1. The standard InChI is InChI=1S/C20H22N4O2/c1-15(18-23-22-17-9-5-6-12-24(17)18)21-19(25)20(10-13-26-14-11-20)16-7-3-2-4-8-16/h2-9,12,15H,10-11,13-14H2,1H3,(H,21,25). The van der Waals surface area contributed by atoms with E-state index in [1.807, 2.05) is 66.1 Å². The number of carbonyl (C=O) groups is 1. The Morgan fingerprint density at radius 2 is 1.85 bits per heavy atom. The zero-order valence-corrected chi connectivity index (χ0v) is 14.8. The Labute approximate surface area is 152 Å². The molecule has 1 aromatic carbocycles. The number of pyridine rings is 1. The summed E-state index contributed by atoms with van der Waals surface area (Å²) < 4.78 is 7.43. The van der Waals surface area contributed by atoms with E-state index in [2.05, 4.69) is 15.5 Å². The summed E-state index contributed by atoms with van der Waals surface area (Å²) >= 11 is 0. The van der Waals surface area contributed by atoms with E-state index in [0.29, 0.717) is 26.1 Å². The predicted molar refractivity (Wildman–Crippen MR) is 97.7 cm³/mol. The molecule has 1 aliphatic rings. The molecule has 4 rings (SSSR count). The molecule has 26 heavy (non-hydrogen) atoms. The van der Waals surface area contributed by atoms with Gasteiger partial charge in [0.2, 0.25) is 5.91 Å². The Balaban J connectivity index is 1.62. The number of hydrogen-bond acceptors (Lipinski definition) is 4. The van der Waals surface area contributed by atoms with E-state index in [-0.39, 0.29) is 11.9 Å². The van der Waals surface area contributed by atoms with Crippen LogP contribution in [0, 0.1) is 0 Å². The normalized spacial score (nSPS) is 17.7. The number of carbonyl (C=O) groups excluding carboxylic acids is 1. The second-order valence-electron chi connectivity index (χ2n) is 6.74. The van der Waals surface area contributed by atoms with Crippen LogP contribution in [0.2, 0.25) is 0 Å². The fourth-order valence-corrected chi connectivity index (χ4v) is 3.68. The third kappa shape index (κ3) is 2.86. The van der Waals surface area contributed by atoms with Gasteiger partial charge in [-0.15, -0.1) is 10.2 Å². The number of rotatable bonds is 4. The van der Waals surface area contributed by atoms with Crippen molar-refractivity contribution in [1.82, 2.24) is 19.9 Å². The van der Waals surface area contributed by atoms with E-state index in [1.54, 1.807) is 0 Å². The summed E-state index contributed by atoms with van der Waals surface area (Å²) in [6, 6.07) is 15.5. The molecule has 6 nitrogen and oxygen atoms in total. The Hall–Kier alpha value is -2.73. The Morgan fingerprint density at radius 3 is 2.62 bits per heavy atom. The first kappa shape index (κ1) is 16.7. The van der Waals surface area contributed by atoms with Crippen molar-refractivity contribution in [3.8, 4) is 0 Å². The van der Waals surface area contributed by atoms with Gasteiger partial charge in [0.15, 0.2) is 11.5 Å². The van der Waals surface area contributed by atoms with E-state index in [1.165, 1.54) is 0 Å². The molecular formula is C20H22N4O2. The lowest BCUT2D eigenvalue weighted by Crippen LogP contribution is -2.48. The molecule has 3 heterocycles. The highest BCUT2D eigenvalue weighted by Crippen LogP contribution is 2.35. The van der Waals surface area contributed by atoms with Gasteiger partial charge in [-0.3, -0.25) is 9.20 Å². The summed E-state index contributed by atoms with van der Waals surface area (Å²) in [6.45, 7) is 3.12. The van der Waals surface area contributed by atoms with Crippen LogP contribution in [0.3, 0.4) is 0 Å². The molecule has 0 saturated carbocycles. The maximum atomic E-state index is 13.3. The quantitative estimate of drug-likeness (QED) is 0.785. The summed E-state index contributed by atoms with van der Waals surface area (Å²) in [4.78, 5) is 13.3. The molecule has 0 bridgehead atoms. The molecule has 6 heteroatoms. The first-order chi connectivity index (χ1) is 12.7. The van der Waals surface area contributed by atoms with Crippen molar-refractivity contribution < 1.29 is 9.53 Å². The number of amides is 1. The molecule has 1 unspecified atom stereocenters. The van der Waals surface area contributed by atoms with Gasteiger partial charge in [0.05, 0.1) is 11.5 Å². The maximum absolute atomic E-state index is 13.3. The summed E-state index contributed by atoms with van der Waals surface area (Å²) in [7, 11) is 0. The summed E-state index contributed by atoms with van der Waals surface area (Å²) in [5.41, 5.74) is 1.25. The van der Waals surface area contributed by atoms with Crippen LogP contribution < -0.4 is 5.32 Å². The average molecular weight is 350 g/mol. The maximum Gasteiger partial charge on any atom is 0.231 e. The van der Waals surface area contributed by atoms with Gasteiger partial charge in [-0.1, -0.05) is 36.4 Å². The van der Waals surface area contributed by atoms with Crippen LogP contribution in [-0.2, 0) is 14.9 Å². The number of ether oxygens (including phenoxy) is 1. The second-order valence-corrected chi connectivity index (χ2v) is 6.74. The molecule has 2 aromatic heterocycles. The molecule has 1 N–H and O–H groups in total. The molecule has 1 saturated heterocycles. The molecule has 3 aromatic rings. The van der Waals surface area contributed by atoms with Crippen molar-refractivity contribution in [2.24, 2.45) is 0 Å². The van der Waals surface area contributed by atoms with Crippen LogP contribution in [0.25, 0.3) is 5.65 Å². The third-order valence-corrected chi connectivity index (χ3v) is 5.18. The monoisotopic (exact) mass is 350 g/mol. The second kappa shape index (κ2) is 6.88. The molecular weight excluding hydrogens is 328 g/mol. The Kier molecular flexibility index (Phi) is 4.42. The number of aromatic nitrogens is 3. The molecule has 0 radical (unpaired) electrons. The van der Waals surface area contributed by atoms with Crippen LogP contribution in [0.1, 0.15) is 37.2 Å². The molecule has 1 amide bonds. The van der Waals surface area contributed by atoms with Crippen molar-refractivity contribution in [2.75, 3.05) is 13.2 Å². The lowest BCUT2D eigenvalue weighted by atomic mass is 9.73. The van der Waals surface area contributed by atoms with E-state index in [4.69, 9.17) is 4.74 Å². The smallest absolute Gasteiger partial charge is 0.231 e. The van der Waals surface area contributed by atoms with Gasteiger partial charge in [0.25, 0.3) is 0 Å². The number of nitrogens with one attached hydrogen (secondary N) is 1. The summed E-state index contributed by atoms with van der Waals surface area (Å²) in [6.07, 6.45) is 3.26. The van der Waals surface area contributed by atoms with Crippen LogP contribution in [0.5, 0.6) is 0 Å². The van der Waals surface area contributed by atoms with Gasteiger partial charge in [-0.25, -0.2) is 0 Å². The molecule has 1 atom stereocenters.